The van der Waals surface area contributed by atoms with Gasteiger partial charge < -0.3 is 40.2 Å². The molecule has 5 rings (SSSR count). The number of hydrogen-bond donors (Lipinski definition) is 6. The molecule has 0 radical (unpaired) electrons. The van der Waals surface area contributed by atoms with E-state index in [1.165, 1.54) is 5.38 Å². The molecule has 0 saturated carbocycles. The summed E-state index contributed by atoms with van der Waals surface area (Å²) in [6.45, 7) is 1.96. The van der Waals surface area contributed by atoms with Crippen LogP contribution in [0.4, 0.5) is 19.5 Å². The number of alkyl carbamates (subject to hydrolysis) is 3. The van der Waals surface area contributed by atoms with Gasteiger partial charge in [-0.1, -0.05) is 128 Å². The second-order valence-corrected chi connectivity index (χ2v) is 15.9. The molecular formula is C49H54N8O11S. The van der Waals surface area contributed by atoms with E-state index in [-0.39, 0.29) is 69.0 Å². The number of hydrogen-bond acceptors (Lipinski definition) is 14. The maximum atomic E-state index is 13.7. The summed E-state index contributed by atoms with van der Waals surface area (Å²) in [5.74, 6) is -2.79. The van der Waals surface area contributed by atoms with Crippen LogP contribution in [0, 0.1) is 0 Å². The van der Waals surface area contributed by atoms with Crippen molar-refractivity contribution >= 4 is 64.4 Å². The van der Waals surface area contributed by atoms with E-state index in [9.17, 15) is 33.6 Å². The highest BCUT2D eigenvalue weighted by Gasteiger charge is 2.26. The molecule has 0 unspecified atom stereocenters. The van der Waals surface area contributed by atoms with Crippen LogP contribution in [0.15, 0.2) is 132 Å². The number of benzene rings is 4. The SMILES string of the molecule is CCCNC(=O)[C@H](CC(=O)OCc1ccccc1)NC(=O)Cc1csc(NC(=O)[C@H](CCCN=C(NC(=O)OCc2ccccc2)NC(=O)OCc2ccccc2)NC(=O)OCc2ccccc2)n1. The van der Waals surface area contributed by atoms with Gasteiger partial charge in [0.2, 0.25) is 23.7 Å². The number of nitrogens with zero attached hydrogens (tertiary/aromatic N) is 2. The Morgan fingerprint density at radius 2 is 1.10 bits per heavy atom. The molecule has 4 aromatic carbocycles. The molecule has 0 aliphatic carbocycles. The number of rotatable bonds is 23. The van der Waals surface area contributed by atoms with Crippen molar-refractivity contribution in [1.29, 1.82) is 0 Å². The number of aliphatic imine (C=N–C) groups is 1. The molecule has 0 bridgehead atoms. The van der Waals surface area contributed by atoms with Crippen molar-refractivity contribution < 1.29 is 52.5 Å². The largest absolute Gasteiger partial charge is 0.461 e. The van der Waals surface area contributed by atoms with Crippen molar-refractivity contribution in [2.45, 2.75) is 77.5 Å². The van der Waals surface area contributed by atoms with Crippen LogP contribution in [0.5, 0.6) is 0 Å². The Morgan fingerprint density at radius 3 is 1.61 bits per heavy atom. The number of amides is 6. The van der Waals surface area contributed by atoms with Gasteiger partial charge in [0.1, 0.15) is 38.5 Å². The van der Waals surface area contributed by atoms with Crippen LogP contribution in [-0.2, 0) is 71.0 Å². The van der Waals surface area contributed by atoms with Crippen LogP contribution in [0.3, 0.4) is 0 Å². The highest BCUT2D eigenvalue weighted by Crippen LogP contribution is 2.17. The molecule has 6 amide bonds. The van der Waals surface area contributed by atoms with Gasteiger partial charge in [0.25, 0.3) is 0 Å². The second-order valence-electron chi connectivity index (χ2n) is 15.1. The Morgan fingerprint density at radius 1 is 0.609 bits per heavy atom. The van der Waals surface area contributed by atoms with E-state index in [2.05, 4.69) is 41.9 Å². The van der Waals surface area contributed by atoms with Crippen LogP contribution in [0.1, 0.15) is 60.6 Å². The lowest BCUT2D eigenvalue weighted by Crippen LogP contribution is -2.48. The molecule has 1 heterocycles. The molecule has 1 aromatic heterocycles. The fourth-order valence-corrected chi connectivity index (χ4v) is 6.79. The predicted molar refractivity (Wildman–Crippen MR) is 255 cm³/mol. The number of carbonyl (C=O) groups excluding carboxylic acids is 7. The smallest absolute Gasteiger partial charge is 0.414 e. The van der Waals surface area contributed by atoms with Crippen molar-refractivity contribution in [1.82, 2.24) is 31.6 Å². The van der Waals surface area contributed by atoms with Gasteiger partial charge in [-0.3, -0.25) is 34.8 Å². The number of thiazole rings is 1. The summed E-state index contributed by atoms with van der Waals surface area (Å²) in [6, 6.07) is 33.5. The van der Waals surface area contributed by atoms with Gasteiger partial charge in [-0.2, -0.15) is 0 Å². The van der Waals surface area contributed by atoms with E-state index in [4.69, 9.17) is 18.9 Å². The Balaban J connectivity index is 1.20. The third-order valence-corrected chi connectivity index (χ3v) is 10.4. The van der Waals surface area contributed by atoms with E-state index in [0.717, 1.165) is 33.6 Å². The lowest BCUT2D eigenvalue weighted by atomic mass is 10.1. The summed E-state index contributed by atoms with van der Waals surface area (Å²) in [5.41, 5.74) is 3.19. The molecule has 20 heteroatoms. The van der Waals surface area contributed by atoms with Gasteiger partial charge in [-0.25, -0.2) is 19.4 Å². The Hall–Kier alpha value is -8.13. The van der Waals surface area contributed by atoms with Crippen LogP contribution < -0.4 is 31.9 Å². The summed E-state index contributed by atoms with van der Waals surface area (Å²) in [5, 5.41) is 17.0. The maximum absolute atomic E-state index is 13.7. The normalized spacial score (nSPS) is 11.3. The third-order valence-electron chi connectivity index (χ3n) is 9.55. The molecule has 69 heavy (non-hydrogen) atoms. The molecule has 0 saturated heterocycles. The number of guanidine groups is 1. The number of carbonyl (C=O) groups is 7. The second kappa shape index (κ2) is 28.8. The molecule has 19 nitrogen and oxygen atoms in total. The van der Waals surface area contributed by atoms with E-state index in [1.807, 2.05) is 31.2 Å². The Kier molecular flexibility index (Phi) is 21.6. The van der Waals surface area contributed by atoms with E-state index < -0.39 is 60.5 Å². The fraction of sp³-hybridized carbons (Fsp3) is 0.286. The lowest BCUT2D eigenvalue weighted by molar-refractivity contribution is -0.147. The summed E-state index contributed by atoms with van der Waals surface area (Å²) < 4.78 is 21.3. The Labute approximate surface area is 402 Å². The summed E-state index contributed by atoms with van der Waals surface area (Å²) >= 11 is 1.02. The van der Waals surface area contributed by atoms with Crippen molar-refractivity contribution in [2.75, 3.05) is 18.4 Å². The van der Waals surface area contributed by atoms with Crippen molar-refractivity contribution in [2.24, 2.45) is 4.99 Å². The average molecular weight is 963 g/mol. The van der Waals surface area contributed by atoms with Crippen LogP contribution >= 0.6 is 11.3 Å². The standard InChI is InChI=1S/C49H54N8O11S/c1-2-25-50-43(60)40(28-42(59)65-29-34-16-7-3-8-17-34)53-41(58)27-38-33-69-46(52-38)55-44(61)39(54-47(62)66-30-35-18-9-4-10-19-35)24-15-26-51-45(56-48(63)67-31-36-20-11-5-12-21-36)57-49(64)68-32-37-22-13-6-14-23-37/h3-14,16-23,33,39-40H,2,15,24-32H2,1H3,(H,50,60)(H,53,58)(H,54,62)(H,52,55,61)(H2,51,56,57,63,64)/t39-,40-/m0/s1. The first-order chi connectivity index (χ1) is 33.5. The number of anilines is 1. The lowest BCUT2D eigenvalue weighted by Gasteiger charge is -2.18. The molecule has 6 N–H and O–H groups in total. The average Bonchev–Trinajstić information content (AvgIpc) is 3.80. The minimum atomic E-state index is -1.22. The molecule has 362 valence electrons. The van der Waals surface area contributed by atoms with Crippen LogP contribution in [0.25, 0.3) is 0 Å². The maximum Gasteiger partial charge on any atom is 0.414 e. The molecule has 0 fully saturated rings. The van der Waals surface area contributed by atoms with Gasteiger partial charge in [0.15, 0.2) is 5.13 Å². The van der Waals surface area contributed by atoms with Crippen molar-refractivity contribution in [3.63, 3.8) is 0 Å². The number of aromatic nitrogens is 1. The molecule has 5 aromatic rings. The fourth-order valence-electron chi connectivity index (χ4n) is 6.08. The number of ether oxygens (including phenoxy) is 4. The quantitative estimate of drug-likeness (QED) is 0.0144. The van der Waals surface area contributed by atoms with Gasteiger partial charge in [-0.05, 0) is 41.5 Å². The number of nitrogens with one attached hydrogen (secondary N) is 6. The topological polar surface area (TPSA) is 254 Å². The minimum absolute atomic E-state index is 0.00113. The molecule has 0 aliphatic heterocycles. The van der Waals surface area contributed by atoms with Crippen LogP contribution in [-0.4, -0.2) is 78.1 Å². The zero-order chi connectivity index (χ0) is 49.1. The zero-order valence-corrected chi connectivity index (χ0v) is 38.7. The van der Waals surface area contributed by atoms with Crippen LogP contribution in [0.2, 0.25) is 0 Å². The molecular weight excluding hydrogens is 909 g/mol. The first kappa shape index (κ1) is 51.8. The molecule has 0 aliphatic rings. The number of esters is 1. The van der Waals surface area contributed by atoms with Crippen molar-refractivity contribution in [3.8, 4) is 0 Å². The van der Waals surface area contributed by atoms with Gasteiger partial charge in [0.05, 0.1) is 18.5 Å². The molecule has 2 atom stereocenters. The van der Waals surface area contributed by atoms with Gasteiger partial charge in [-0.15, -0.1) is 11.3 Å². The van der Waals surface area contributed by atoms with Crippen molar-refractivity contribution in [3.05, 3.63) is 155 Å². The third kappa shape index (κ3) is 20.1. The van der Waals surface area contributed by atoms with E-state index in [1.54, 1.807) is 97.1 Å². The highest BCUT2D eigenvalue weighted by atomic mass is 32.1. The van der Waals surface area contributed by atoms with Gasteiger partial charge >= 0.3 is 24.2 Å². The highest BCUT2D eigenvalue weighted by molar-refractivity contribution is 7.14. The van der Waals surface area contributed by atoms with Gasteiger partial charge in [0, 0.05) is 18.5 Å². The first-order valence-electron chi connectivity index (χ1n) is 22.0. The Bertz CT molecular complexity index is 2400. The first-order valence-corrected chi connectivity index (χ1v) is 22.9. The zero-order valence-electron chi connectivity index (χ0n) is 37.9. The van der Waals surface area contributed by atoms with E-state index >= 15 is 0 Å². The summed E-state index contributed by atoms with van der Waals surface area (Å²) in [7, 11) is 0. The monoisotopic (exact) mass is 962 g/mol. The van der Waals surface area contributed by atoms with E-state index in [0.29, 0.717) is 13.0 Å². The minimum Gasteiger partial charge on any atom is -0.461 e. The summed E-state index contributed by atoms with van der Waals surface area (Å²) in [6.07, 6.45) is -2.62. The summed E-state index contributed by atoms with van der Waals surface area (Å²) in [4.78, 5) is 99.8. The molecule has 0 spiro atoms. The predicted octanol–water partition coefficient (Wildman–Crippen LogP) is 6.05.